The largest absolute Gasteiger partial charge is 0.497 e. The summed E-state index contributed by atoms with van der Waals surface area (Å²) < 4.78 is 5.17. The summed E-state index contributed by atoms with van der Waals surface area (Å²) in [7, 11) is 1.60. The number of rotatable bonds is 8. The summed E-state index contributed by atoms with van der Waals surface area (Å²) in [5.41, 5.74) is 3.77. The third-order valence-corrected chi connectivity index (χ3v) is 5.37. The van der Waals surface area contributed by atoms with Crippen molar-refractivity contribution in [2.45, 2.75) is 26.7 Å². The molecular formula is C26H26N6O3. The van der Waals surface area contributed by atoms with Crippen LogP contribution in [0, 0.1) is 6.92 Å². The highest BCUT2D eigenvalue weighted by Crippen LogP contribution is 2.24. The van der Waals surface area contributed by atoms with Crippen molar-refractivity contribution in [3.8, 4) is 5.75 Å². The Morgan fingerprint density at radius 1 is 1.06 bits per heavy atom. The molecule has 9 nitrogen and oxygen atoms in total. The van der Waals surface area contributed by atoms with Crippen LogP contribution in [-0.2, 0) is 12.8 Å². The SMILES string of the molecule is CCc1ccc(Nc2cc(C)ncn2)cc1NC(=O)c1cc(=O)[nH]c(Cc2ccc(OC)cc2)n1. The fourth-order valence-corrected chi connectivity index (χ4v) is 3.58. The number of aryl methyl sites for hydroxylation is 2. The minimum absolute atomic E-state index is 0.0455. The smallest absolute Gasteiger partial charge is 0.274 e. The van der Waals surface area contributed by atoms with Crippen LogP contribution in [0.2, 0.25) is 0 Å². The molecule has 9 heteroatoms. The van der Waals surface area contributed by atoms with Gasteiger partial charge >= 0.3 is 0 Å². The molecule has 0 atom stereocenters. The zero-order valence-electron chi connectivity index (χ0n) is 19.8. The van der Waals surface area contributed by atoms with Gasteiger partial charge in [0.25, 0.3) is 11.5 Å². The van der Waals surface area contributed by atoms with Gasteiger partial charge in [0.1, 0.15) is 29.4 Å². The number of aromatic nitrogens is 4. The molecule has 4 aromatic rings. The van der Waals surface area contributed by atoms with E-state index in [4.69, 9.17) is 4.74 Å². The number of H-pyrrole nitrogens is 1. The number of ether oxygens (including phenoxy) is 1. The average Bonchev–Trinajstić information content (AvgIpc) is 2.84. The lowest BCUT2D eigenvalue weighted by Crippen LogP contribution is -2.21. The first-order valence-corrected chi connectivity index (χ1v) is 11.2. The Morgan fingerprint density at radius 3 is 2.57 bits per heavy atom. The van der Waals surface area contributed by atoms with Crippen molar-refractivity contribution in [2.24, 2.45) is 0 Å². The molecule has 178 valence electrons. The molecule has 3 N–H and O–H groups in total. The van der Waals surface area contributed by atoms with E-state index in [0.29, 0.717) is 30.2 Å². The lowest BCUT2D eigenvalue weighted by Gasteiger charge is -2.13. The maximum absolute atomic E-state index is 13.1. The molecule has 0 radical (unpaired) electrons. The molecule has 2 aromatic heterocycles. The first-order valence-electron chi connectivity index (χ1n) is 11.2. The summed E-state index contributed by atoms with van der Waals surface area (Å²) in [4.78, 5) is 40.7. The van der Waals surface area contributed by atoms with Gasteiger partial charge in [0.15, 0.2) is 0 Å². The third kappa shape index (κ3) is 6.08. The minimum Gasteiger partial charge on any atom is -0.497 e. The molecule has 0 fully saturated rings. The number of aromatic amines is 1. The van der Waals surface area contributed by atoms with Crippen LogP contribution in [0.25, 0.3) is 0 Å². The van der Waals surface area contributed by atoms with E-state index in [0.717, 1.165) is 28.3 Å². The van der Waals surface area contributed by atoms with Crippen molar-refractivity contribution in [1.82, 2.24) is 19.9 Å². The van der Waals surface area contributed by atoms with E-state index in [9.17, 15) is 9.59 Å². The van der Waals surface area contributed by atoms with Crippen molar-refractivity contribution in [2.75, 3.05) is 17.7 Å². The summed E-state index contributed by atoms with van der Waals surface area (Å²) in [5, 5.41) is 6.13. The van der Waals surface area contributed by atoms with Crippen molar-refractivity contribution >= 4 is 23.1 Å². The highest BCUT2D eigenvalue weighted by Gasteiger charge is 2.14. The van der Waals surface area contributed by atoms with E-state index >= 15 is 0 Å². The molecule has 2 heterocycles. The summed E-state index contributed by atoms with van der Waals surface area (Å²) in [6, 6.07) is 16.2. The molecule has 2 aromatic carbocycles. The van der Waals surface area contributed by atoms with Crippen LogP contribution in [-0.4, -0.2) is 33.0 Å². The van der Waals surface area contributed by atoms with Crippen LogP contribution < -0.4 is 20.9 Å². The number of hydrogen-bond donors (Lipinski definition) is 3. The number of nitrogens with zero attached hydrogens (tertiary/aromatic N) is 3. The Labute approximate surface area is 202 Å². The minimum atomic E-state index is -0.461. The van der Waals surface area contributed by atoms with Gasteiger partial charge in [-0.25, -0.2) is 15.0 Å². The monoisotopic (exact) mass is 470 g/mol. The Kier molecular flexibility index (Phi) is 7.15. The van der Waals surface area contributed by atoms with Gasteiger partial charge in [-0.05, 0) is 48.7 Å². The number of anilines is 3. The first-order chi connectivity index (χ1) is 16.9. The second kappa shape index (κ2) is 10.6. The van der Waals surface area contributed by atoms with Crippen LogP contribution in [0.5, 0.6) is 5.75 Å². The zero-order valence-corrected chi connectivity index (χ0v) is 19.8. The maximum atomic E-state index is 13.1. The lowest BCUT2D eigenvalue weighted by molar-refractivity contribution is 0.102. The van der Waals surface area contributed by atoms with Crippen molar-refractivity contribution < 1.29 is 9.53 Å². The van der Waals surface area contributed by atoms with Crippen molar-refractivity contribution in [1.29, 1.82) is 0 Å². The molecule has 0 spiro atoms. The number of nitrogens with one attached hydrogen (secondary N) is 3. The fourth-order valence-electron chi connectivity index (χ4n) is 3.58. The summed E-state index contributed by atoms with van der Waals surface area (Å²) >= 11 is 0. The van der Waals surface area contributed by atoms with Crippen LogP contribution in [0.1, 0.15) is 40.1 Å². The van der Waals surface area contributed by atoms with Gasteiger partial charge in [0.05, 0.1) is 7.11 Å². The fraction of sp³-hybridized carbons (Fsp3) is 0.192. The molecule has 0 saturated carbocycles. The average molecular weight is 471 g/mol. The Balaban J connectivity index is 1.55. The molecule has 0 unspecified atom stereocenters. The highest BCUT2D eigenvalue weighted by atomic mass is 16.5. The Morgan fingerprint density at radius 2 is 1.86 bits per heavy atom. The van der Waals surface area contributed by atoms with Crippen molar-refractivity contribution in [3.05, 3.63) is 99.6 Å². The van der Waals surface area contributed by atoms with Crippen LogP contribution >= 0.6 is 0 Å². The van der Waals surface area contributed by atoms with E-state index in [-0.39, 0.29) is 11.3 Å². The van der Waals surface area contributed by atoms with Gasteiger partial charge in [-0.3, -0.25) is 9.59 Å². The van der Waals surface area contributed by atoms with Gasteiger partial charge in [0, 0.05) is 35.6 Å². The molecule has 1 amide bonds. The first kappa shape index (κ1) is 23.6. The Hall–Kier alpha value is -4.53. The van der Waals surface area contributed by atoms with Gasteiger partial charge in [-0.2, -0.15) is 0 Å². The molecular weight excluding hydrogens is 444 g/mol. The van der Waals surface area contributed by atoms with Gasteiger partial charge < -0.3 is 20.4 Å². The van der Waals surface area contributed by atoms with E-state index in [1.54, 1.807) is 7.11 Å². The second-order valence-electron chi connectivity index (χ2n) is 7.95. The number of amides is 1. The normalized spacial score (nSPS) is 10.6. The van der Waals surface area contributed by atoms with Crippen LogP contribution in [0.4, 0.5) is 17.2 Å². The lowest BCUT2D eigenvalue weighted by atomic mass is 10.1. The summed E-state index contributed by atoms with van der Waals surface area (Å²) in [6.07, 6.45) is 2.58. The van der Waals surface area contributed by atoms with Crippen LogP contribution in [0.3, 0.4) is 0 Å². The van der Waals surface area contributed by atoms with E-state index in [1.165, 1.54) is 12.4 Å². The number of benzene rings is 2. The van der Waals surface area contributed by atoms with Gasteiger partial charge in [-0.1, -0.05) is 25.1 Å². The number of carbonyl (C=O) groups excluding carboxylic acids is 1. The Bertz CT molecular complexity index is 1400. The molecule has 0 aliphatic heterocycles. The topological polar surface area (TPSA) is 122 Å². The highest BCUT2D eigenvalue weighted by molar-refractivity contribution is 6.03. The quantitative estimate of drug-likeness (QED) is 0.355. The molecule has 4 rings (SSSR count). The van der Waals surface area contributed by atoms with Gasteiger partial charge in [0.2, 0.25) is 0 Å². The van der Waals surface area contributed by atoms with Gasteiger partial charge in [-0.15, -0.1) is 0 Å². The number of methoxy groups -OCH3 is 1. The predicted octanol–water partition coefficient (Wildman–Crippen LogP) is 4.03. The molecule has 0 aliphatic carbocycles. The van der Waals surface area contributed by atoms with E-state index in [1.807, 2.05) is 62.4 Å². The predicted molar refractivity (Wildman–Crippen MR) is 134 cm³/mol. The second-order valence-corrected chi connectivity index (χ2v) is 7.95. The maximum Gasteiger partial charge on any atom is 0.274 e. The van der Waals surface area contributed by atoms with Crippen molar-refractivity contribution in [3.63, 3.8) is 0 Å². The molecule has 0 saturated heterocycles. The van der Waals surface area contributed by atoms with E-state index in [2.05, 4.69) is 30.6 Å². The van der Waals surface area contributed by atoms with Crippen LogP contribution in [0.15, 0.2) is 65.7 Å². The number of hydrogen-bond acceptors (Lipinski definition) is 7. The molecule has 0 aliphatic rings. The molecule has 0 bridgehead atoms. The van der Waals surface area contributed by atoms with E-state index < -0.39 is 5.91 Å². The third-order valence-electron chi connectivity index (χ3n) is 5.37. The summed E-state index contributed by atoms with van der Waals surface area (Å²) in [5.74, 6) is 1.33. The zero-order chi connectivity index (χ0) is 24.8. The molecule has 35 heavy (non-hydrogen) atoms. The summed E-state index contributed by atoms with van der Waals surface area (Å²) in [6.45, 7) is 3.89. The standard InChI is InChI=1S/C26H26N6O3/c1-4-18-7-8-19(29-23-11-16(2)27-15-28-23)13-21(18)31-26(34)22-14-25(33)32-24(30-22)12-17-5-9-20(35-3)10-6-17/h5-11,13-15H,4,12H2,1-3H3,(H,31,34)(H,27,28,29)(H,30,32,33). The number of carbonyl (C=O) groups is 1.